The number of halogens is 1. The van der Waals surface area contributed by atoms with Crippen molar-refractivity contribution in [3.63, 3.8) is 0 Å². The van der Waals surface area contributed by atoms with E-state index in [9.17, 15) is 4.79 Å². The average Bonchev–Trinajstić information content (AvgIpc) is 2.39. The Morgan fingerprint density at radius 3 is 3.00 bits per heavy atom. The predicted octanol–water partition coefficient (Wildman–Crippen LogP) is 2.01. The molecule has 1 aliphatic rings. The zero-order chi connectivity index (χ0) is 13.1. The Hall–Kier alpha value is -0.940. The Morgan fingerprint density at radius 1 is 1.56 bits per heavy atom. The molecule has 0 bridgehead atoms. The fraction of sp³-hybridized carbons (Fsp3) is 0.538. The first-order valence-corrected chi connectivity index (χ1v) is 7.02. The summed E-state index contributed by atoms with van der Waals surface area (Å²) in [6, 6.07) is 4.07. The fourth-order valence-electron chi connectivity index (χ4n) is 2.29. The molecule has 1 aromatic rings. The molecular weight excluding hydrogens is 294 g/mol. The van der Waals surface area contributed by atoms with E-state index in [4.69, 9.17) is 0 Å². The Bertz CT molecular complexity index is 438. The third kappa shape index (κ3) is 2.72. The topological polar surface area (TPSA) is 36.4 Å². The minimum Gasteiger partial charge on any atom is -0.336 e. The quantitative estimate of drug-likeness (QED) is 0.784. The summed E-state index contributed by atoms with van der Waals surface area (Å²) < 4.78 is 0.627. The van der Waals surface area contributed by atoms with Crippen LogP contribution >= 0.6 is 15.9 Å². The van der Waals surface area contributed by atoms with Crippen molar-refractivity contribution in [2.75, 3.05) is 26.7 Å². The molecule has 1 unspecified atom stereocenters. The lowest BCUT2D eigenvalue weighted by molar-refractivity contribution is 0.0540. The first kappa shape index (κ1) is 13.5. The molecule has 4 nitrogen and oxygen atoms in total. The van der Waals surface area contributed by atoms with Crippen molar-refractivity contribution in [3.8, 4) is 0 Å². The number of hydrogen-bond acceptors (Lipinski definition) is 3. The van der Waals surface area contributed by atoms with Gasteiger partial charge in [0.05, 0.1) is 5.56 Å². The summed E-state index contributed by atoms with van der Waals surface area (Å²) >= 11 is 3.34. The summed E-state index contributed by atoms with van der Waals surface area (Å²) in [6.07, 6.45) is 2.74. The first-order valence-electron chi connectivity index (χ1n) is 6.23. The van der Waals surface area contributed by atoms with Gasteiger partial charge < -0.3 is 4.90 Å². The van der Waals surface area contributed by atoms with Crippen LogP contribution in [0, 0.1) is 0 Å². The second kappa shape index (κ2) is 5.80. The zero-order valence-corrected chi connectivity index (χ0v) is 12.4. The monoisotopic (exact) mass is 311 g/mol. The van der Waals surface area contributed by atoms with Crippen LogP contribution in [0.2, 0.25) is 0 Å². The third-order valence-corrected chi connectivity index (χ3v) is 4.16. The van der Waals surface area contributed by atoms with Crippen molar-refractivity contribution in [2.45, 2.75) is 19.4 Å². The maximum Gasteiger partial charge on any atom is 0.256 e. The lowest BCUT2D eigenvalue weighted by Gasteiger charge is -2.39. The fourth-order valence-corrected chi connectivity index (χ4v) is 2.71. The molecule has 1 aliphatic heterocycles. The van der Waals surface area contributed by atoms with Crippen molar-refractivity contribution >= 4 is 21.8 Å². The van der Waals surface area contributed by atoms with Gasteiger partial charge in [-0.15, -0.1) is 0 Å². The van der Waals surface area contributed by atoms with E-state index in [-0.39, 0.29) is 5.91 Å². The van der Waals surface area contributed by atoms with Crippen LogP contribution in [0.25, 0.3) is 0 Å². The van der Waals surface area contributed by atoms with Crippen LogP contribution in [0.3, 0.4) is 0 Å². The van der Waals surface area contributed by atoms with E-state index >= 15 is 0 Å². The number of hydrogen-bond donors (Lipinski definition) is 0. The van der Waals surface area contributed by atoms with Gasteiger partial charge >= 0.3 is 0 Å². The summed E-state index contributed by atoms with van der Waals surface area (Å²) in [6.45, 7) is 4.68. The Labute approximate surface area is 116 Å². The molecule has 1 saturated heterocycles. The van der Waals surface area contributed by atoms with E-state index < -0.39 is 0 Å². The summed E-state index contributed by atoms with van der Waals surface area (Å²) in [5.41, 5.74) is 0.650. The normalized spacial score (nSPS) is 21.1. The van der Waals surface area contributed by atoms with Crippen LogP contribution in [-0.4, -0.2) is 53.4 Å². The molecule has 1 amide bonds. The van der Waals surface area contributed by atoms with E-state index in [1.165, 1.54) is 0 Å². The van der Waals surface area contributed by atoms with Gasteiger partial charge in [0.1, 0.15) is 4.60 Å². The van der Waals surface area contributed by atoms with Crippen molar-refractivity contribution in [1.82, 2.24) is 14.8 Å². The number of rotatable bonds is 2. The number of aromatic nitrogens is 1. The molecule has 0 aromatic carbocycles. The summed E-state index contributed by atoms with van der Waals surface area (Å²) in [5, 5.41) is 0. The van der Waals surface area contributed by atoms with Gasteiger partial charge in [-0.2, -0.15) is 0 Å². The van der Waals surface area contributed by atoms with Crippen LogP contribution in [0.4, 0.5) is 0 Å². The second-order valence-corrected chi connectivity index (χ2v) is 5.39. The van der Waals surface area contributed by atoms with Gasteiger partial charge in [0.25, 0.3) is 5.91 Å². The molecule has 98 valence electrons. The highest BCUT2D eigenvalue weighted by atomic mass is 79.9. The Balaban J connectivity index is 2.13. The number of pyridine rings is 1. The highest BCUT2D eigenvalue weighted by molar-refractivity contribution is 9.10. The first-order chi connectivity index (χ1) is 8.63. The zero-order valence-electron chi connectivity index (χ0n) is 10.8. The van der Waals surface area contributed by atoms with E-state index in [0.717, 1.165) is 26.1 Å². The summed E-state index contributed by atoms with van der Waals surface area (Å²) in [7, 11) is 2.12. The smallest absolute Gasteiger partial charge is 0.256 e. The summed E-state index contributed by atoms with van der Waals surface area (Å²) in [5.74, 6) is 0.0709. The molecule has 0 N–H and O–H groups in total. The molecule has 1 atom stereocenters. The lowest BCUT2D eigenvalue weighted by atomic mass is 10.1. The van der Waals surface area contributed by atoms with Crippen LogP contribution < -0.4 is 0 Å². The number of carbonyl (C=O) groups excluding carboxylic acids is 1. The Morgan fingerprint density at radius 2 is 2.33 bits per heavy atom. The minimum absolute atomic E-state index is 0.0709. The van der Waals surface area contributed by atoms with Gasteiger partial charge in [-0.05, 0) is 41.5 Å². The Kier molecular flexibility index (Phi) is 4.35. The molecule has 2 rings (SSSR count). The van der Waals surface area contributed by atoms with Gasteiger partial charge in [-0.1, -0.05) is 6.92 Å². The van der Waals surface area contributed by atoms with Crippen LogP contribution in [0.5, 0.6) is 0 Å². The van der Waals surface area contributed by atoms with Crippen LogP contribution in [0.1, 0.15) is 23.7 Å². The van der Waals surface area contributed by atoms with Gasteiger partial charge in [0.15, 0.2) is 0 Å². The SMILES string of the molecule is CCC1CN(C(=O)c2cccnc2Br)CCN1C. The van der Waals surface area contributed by atoms with Crippen molar-refractivity contribution in [2.24, 2.45) is 0 Å². The molecule has 0 radical (unpaired) electrons. The molecule has 0 saturated carbocycles. The van der Waals surface area contributed by atoms with Gasteiger partial charge in [-0.25, -0.2) is 4.98 Å². The van der Waals surface area contributed by atoms with Crippen LogP contribution in [0.15, 0.2) is 22.9 Å². The lowest BCUT2D eigenvalue weighted by Crippen LogP contribution is -2.53. The largest absolute Gasteiger partial charge is 0.336 e. The molecule has 0 spiro atoms. The minimum atomic E-state index is 0.0709. The number of likely N-dealkylation sites (N-methyl/N-ethyl adjacent to an activating group) is 1. The number of amides is 1. The van der Waals surface area contributed by atoms with Gasteiger partial charge in [-0.3, -0.25) is 9.69 Å². The molecule has 5 heteroatoms. The second-order valence-electron chi connectivity index (χ2n) is 4.64. The number of piperazine rings is 1. The molecule has 1 fully saturated rings. The van der Waals surface area contributed by atoms with E-state index in [0.29, 0.717) is 16.2 Å². The maximum absolute atomic E-state index is 12.4. The molecule has 18 heavy (non-hydrogen) atoms. The molecule has 0 aliphatic carbocycles. The van der Waals surface area contributed by atoms with E-state index in [2.05, 4.69) is 39.8 Å². The highest BCUT2D eigenvalue weighted by Gasteiger charge is 2.27. The van der Waals surface area contributed by atoms with Gasteiger partial charge in [0.2, 0.25) is 0 Å². The average molecular weight is 312 g/mol. The molecule has 1 aromatic heterocycles. The van der Waals surface area contributed by atoms with Crippen LogP contribution in [-0.2, 0) is 0 Å². The summed E-state index contributed by atoms with van der Waals surface area (Å²) in [4.78, 5) is 20.8. The van der Waals surface area contributed by atoms with Crippen molar-refractivity contribution in [3.05, 3.63) is 28.5 Å². The number of carbonyl (C=O) groups is 1. The molecule has 2 heterocycles. The number of nitrogens with zero attached hydrogens (tertiary/aromatic N) is 3. The van der Waals surface area contributed by atoms with E-state index in [1.807, 2.05) is 11.0 Å². The highest BCUT2D eigenvalue weighted by Crippen LogP contribution is 2.18. The molecular formula is C13H18BrN3O. The third-order valence-electron chi connectivity index (χ3n) is 3.53. The van der Waals surface area contributed by atoms with Crippen molar-refractivity contribution in [1.29, 1.82) is 0 Å². The van der Waals surface area contributed by atoms with Crippen molar-refractivity contribution < 1.29 is 4.79 Å². The van der Waals surface area contributed by atoms with Gasteiger partial charge in [0, 0.05) is 31.9 Å². The predicted molar refractivity (Wildman–Crippen MR) is 74.5 cm³/mol. The van der Waals surface area contributed by atoms with E-state index in [1.54, 1.807) is 12.3 Å². The maximum atomic E-state index is 12.4. The standard InChI is InChI=1S/C13H18BrN3O/c1-3-10-9-17(8-7-16(10)2)13(18)11-5-4-6-15-12(11)14/h4-6,10H,3,7-9H2,1-2H3.